The van der Waals surface area contributed by atoms with Gasteiger partial charge in [0, 0.05) is 24.1 Å². The summed E-state index contributed by atoms with van der Waals surface area (Å²) < 4.78 is 0.981. The fourth-order valence-corrected chi connectivity index (χ4v) is 4.17. The third-order valence-electron chi connectivity index (χ3n) is 4.69. The molecule has 1 atom stereocenters. The summed E-state index contributed by atoms with van der Waals surface area (Å²) in [6.07, 6.45) is 5.43. The number of nitrogens with zero attached hydrogens (tertiary/aromatic N) is 1. The Bertz CT molecular complexity index is 466. The first-order valence-corrected chi connectivity index (χ1v) is 8.71. The molecule has 2 fully saturated rings. The second-order valence-corrected chi connectivity index (χ2v) is 7.60. The maximum atomic E-state index is 6.20. The van der Waals surface area contributed by atoms with Crippen LogP contribution in [0.5, 0.6) is 0 Å². The van der Waals surface area contributed by atoms with Gasteiger partial charge in [-0.2, -0.15) is 0 Å². The minimum atomic E-state index is 0.523. The van der Waals surface area contributed by atoms with Crippen LogP contribution in [-0.2, 0) is 6.54 Å². The predicted molar refractivity (Wildman–Crippen MR) is 88.2 cm³/mol. The minimum Gasteiger partial charge on any atom is -0.316 e. The zero-order chi connectivity index (χ0) is 14.0. The van der Waals surface area contributed by atoms with Crippen LogP contribution < -0.4 is 5.32 Å². The monoisotopic (exact) mass is 356 g/mol. The summed E-state index contributed by atoms with van der Waals surface area (Å²) in [6.45, 7) is 5.87. The van der Waals surface area contributed by atoms with E-state index in [1.165, 1.54) is 57.4 Å². The standard InChI is InChI=1S/C16H22BrClN2/c17-14-4-3-13(9-15(14)18)10-20-8-2-6-16(12-20)5-1-7-19-11-16/h3-4,9,19H,1-2,5-8,10-12H2. The van der Waals surface area contributed by atoms with Crippen LogP contribution in [0.3, 0.4) is 0 Å². The summed E-state index contributed by atoms with van der Waals surface area (Å²) in [4.78, 5) is 2.61. The molecule has 2 aliphatic heterocycles. The fourth-order valence-electron chi connectivity index (χ4n) is 3.72. The van der Waals surface area contributed by atoms with Gasteiger partial charge in [0.25, 0.3) is 0 Å². The quantitative estimate of drug-likeness (QED) is 0.858. The highest BCUT2D eigenvalue weighted by atomic mass is 79.9. The van der Waals surface area contributed by atoms with Gasteiger partial charge in [0.15, 0.2) is 0 Å². The summed E-state index contributed by atoms with van der Waals surface area (Å²) in [5, 5.41) is 4.41. The zero-order valence-electron chi connectivity index (χ0n) is 11.8. The smallest absolute Gasteiger partial charge is 0.0551 e. The number of rotatable bonds is 2. The molecule has 2 nitrogen and oxygen atoms in total. The van der Waals surface area contributed by atoms with E-state index in [0.717, 1.165) is 16.0 Å². The highest BCUT2D eigenvalue weighted by Gasteiger charge is 2.36. The summed E-state index contributed by atoms with van der Waals surface area (Å²) in [7, 11) is 0. The topological polar surface area (TPSA) is 15.3 Å². The van der Waals surface area contributed by atoms with Crippen molar-refractivity contribution in [2.45, 2.75) is 32.2 Å². The van der Waals surface area contributed by atoms with E-state index in [9.17, 15) is 0 Å². The van der Waals surface area contributed by atoms with E-state index in [1.807, 2.05) is 0 Å². The van der Waals surface area contributed by atoms with Crippen LogP contribution in [0.15, 0.2) is 22.7 Å². The average molecular weight is 358 g/mol. The molecule has 20 heavy (non-hydrogen) atoms. The van der Waals surface area contributed by atoms with Crippen LogP contribution in [0.4, 0.5) is 0 Å². The van der Waals surface area contributed by atoms with Crippen LogP contribution in [0, 0.1) is 5.41 Å². The number of nitrogens with one attached hydrogen (secondary N) is 1. The van der Waals surface area contributed by atoms with E-state index in [1.54, 1.807) is 0 Å². The molecule has 4 heteroatoms. The van der Waals surface area contributed by atoms with E-state index in [-0.39, 0.29) is 0 Å². The van der Waals surface area contributed by atoms with Gasteiger partial charge in [0.05, 0.1) is 5.02 Å². The lowest BCUT2D eigenvalue weighted by atomic mass is 9.74. The molecular formula is C16H22BrClN2. The number of halogens is 2. The molecule has 2 heterocycles. The van der Waals surface area contributed by atoms with Crippen molar-refractivity contribution in [2.24, 2.45) is 5.41 Å². The molecule has 1 aromatic carbocycles. The van der Waals surface area contributed by atoms with Crippen LogP contribution in [-0.4, -0.2) is 31.1 Å². The van der Waals surface area contributed by atoms with Gasteiger partial charge >= 0.3 is 0 Å². The lowest BCUT2D eigenvalue weighted by Gasteiger charge is -2.45. The van der Waals surface area contributed by atoms with Crippen LogP contribution >= 0.6 is 27.5 Å². The zero-order valence-corrected chi connectivity index (χ0v) is 14.1. The molecule has 0 aliphatic carbocycles. The molecule has 2 saturated heterocycles. The van der Waals surface area contributed by atoms with Gasteiger partial charge in [-0.05, 0) is 77.8 Å². The number of benzene rings is 1. The van der Waals surface area contributed by atoms with E-state index in [0.29, 0.717) is 5.41 Å². The number of hydrogen-bond donors (Lipinski definition) is 1. The molecule has 1 unspecified atom stereocenters. The number of piperidine rings is 2. The Balaban J connectivity index is 1.66. The van der Waals surface area contributed by atoms with Crippen molar-refractivity contribution in [3.63, 3.8) is 0 Å². The number of hydrogen-bond acceptors (Lipinski definition) is 2. The Hall–Kier alpha value is -0.0900. The van der Waals surface area contributed by atoms with Crippen LogP contribution in [0.2, 0.25) is 5.02 Å². The van der Waals surface area contributed by atoms with Crippen LogP contribution in [0.1, 0.15) is 31.2 Å². The first-order valence-electron chi connectivity index (χ1n) is 7.54. The van der Waals surface area contributed by atoms with Crippen molar-refractivity contribution < 1.29 is 0 Å². The van der Waals surface area contributed by atoms with Crippen molar-refractivity contribution in [2.75, 3.05) is 26.2 Å². The van der Waals surface area contributed by atoms with Gasteiger partial charge in [-0.3, -0.25) is 4.90 Å². The Kier molecular flexibility index (Phi) is 4.71. The largest absolute Gasteiger partial charge is 0.316 e. The second kappa shape index (κ2) is 6.35. The maximum absolute atomic E-state index is 6.20. The first-order chi connectivity index (χ1) is 9.67. The van der Waals surface area contributed by atoms with Gasteiger partial charge in [-0.1, -0.05) is 17.7 Å². The van der Waals surface area contributed by atoms with E-state index < -0.39 is 0 Å². The summed E-state index contributed by atoms with van der Waals surface area (Å²) in [5.41, 5.74) is 1.84. The molecule has 110 valence electrons. The molecule has 0 radical (unpaired) electrons. The van der Waals surface area contributed by atoms with Gasteiger partial charge in [0.1, 0.15) is 0 Å². The molecule has 1 N–H and O–H groups in total. The number of likely N-dealkylation sites (tertiary alicyclic amines) is 1. The third-order valence-corrected chi connectivity index (χ3v) is 5.92. The summed E-state index contributed by atoms with van der Waals surface area (Å²) in [6, 6.07) is 6.32. The Labute approximate surface area is 135 Å². The van der Waals surface area contributed by atoms with Gasteiger partial charge in [-0.25, -0.2) is 0 Å². The molecule has 3 rings (SSSR count). The molecule has 1 aromatic rings. The first kappa shape index (κ1) is 14.8. The van der Waals surface area contributed by atoms with Crippen molar-refractivity contribution in [3.8, 4) is 0 Å². The Morgan fingerprint density at radius 2 is 2.15 bits per heavy atom. The molecule has 0 aromatic heterocycles. The normalized spacial score (nSPS) is 27.9. The predicted octanol–water partition coefficient (Wildman–Crippen LogP) is 4.07. The van der Waals surface area contributed by atoms with Crippen molar-refractivity contribution >= 4 is 27.5 Å². The molecular weight excluding hydrogens is 336 g/mol. The lowest BCUT2D eigenvalue weighted by molar-refractivity contribution is 0.0601. The molecule has 0 bridgehead atoms. The maximum Gasteiger partial charge on any atom is 0.0551 e. The molecule has 1 spiro atoms. The van der Waals surface area contributed by atoms with Gasteiger partial charge in [0.2, 0.25) is 0 Å². The average Bonchev–Trinajstić information content (AvgIpc) is 2.44. The van der Waals surface area contributed by atoms with Crippen molar-refractivity contribution in [1.29, 1.82) is 0 Å². The van der Waals surface area contributed by atoms with Crippen LogP contribution in [0.25, 0.3) is 0 Å². The summed E-state index contributed by atoms with van der Waals surface area (Å²) >= 11 is 9.66. The van der Waals surface area contributed by atoms with Gasteiger partial charge < -0.3 is 5.32 Å². The lowest BCUT2D eigenvalue weighted by Crippen LogP contribution is -2.50. The third kappa shape index (κ3) is 3.38. The van der Waals surface area contributed by atoms with Crippen molar-refractivity contribution in [3.05, 3.63) is 33.3 Å². The second-order valence-electron chi connectivity index (χ2n) is 6.34. The van der Waals surface area contributed by atoms with E-state index in [4.69, 9.17) is 11.6 Å². The fraction of sp³-hybridized carbons (Fsp3) is 0.625. The molecule has 0 amide bonds. The highest BCUT2D eigenvalue weighted by Crippen LogP contribution is 2.36. The Morgan fingerprint density at radius 3 is 2.90 bits per heavy atom. The SMILES string of the molecule is Clc1cc(CN2CCCC3(CCCNC3)C2)ccc1Br. The van der Waals surface area contributed by atoms with Gasteiger partial charge in [-0.15, -0.1) is 0 Å². The Morgan fingerprint density at radius 1 is 1.30 bits per heavy atom. The highest BCUT2D eigenvalue weighted by molar-refractivity contribution is 9.10. The van der Waals surface area contributed by atoms with Crippen molar-refractivity contribution in [1.82, 2.24) is 10.2 Å². The van der Waals surface area contributed by atoms with E-state index in [2.05, 4.69) is 44.3 Å². The summed E-state index contributed by atoms with van der Waals surface area (Å²) in [5.74, 6) is 0. The molecule has 2 aliphatic rings. The minimum absolute atomic E-state index is 0.523. The van der Waals surface area contributed by atoms with E-state index >= 15 is 0 Å². The molecule has 0 saturated carbocycles.